The minimum Gasteiger partial charge on any atom is -0.478 e. The van der Waals surface area contributed by atoms with Gasteiger partial charge in [-0.15, -0.1) is 0 Å². The normalized spacial score (nSPS) is 10.2. The van der Waals surface area contributed by atoms with Gasteiger partial charge in [-0.3, -0.25) is 0 Å². The molecule has 0 aromatic rings. The molecule has 0 aliphatic rings. The highest BCUT2D eigenvalue weighted by Gasteiger charge is 2.37. The van der Waals surface area contributed by atoms with Gasteiger partial charge < -0.3 is 19.3 Å². The first-order valence-corrected chi connectivity index (χ1v) is 8.02. The first-order chi connectivity index (χ1) is 12.7. The van der Waals surface area contributed by atoms with Crippen molar-refractivity contribution in [3.05, 3.63) is 50.1 Å². The number of carboxylic acid groups (broad SMARTS) is 1. The van der Waals surface area contributed by atoms with Crippen molar-refractivity contribution >= 4 is 23.9 Å². The zero-order valence-corrected chi connectivity index (χ0v) is 15.1. The van der Waals surface area contributed by atoms with Crippen LogP contribution in [0.4, 0.5) is 0 Å². The van der Waals surface area contributed by atoms with Crippen LogP contribution in [-0.4, -0.2) is 48.8 Å². The SMILES string of the molecule is C=CC(=O)OCCC(CCOC(=O)C=C)(CCOC(=O)C=C)C(=C)C(=O)O. The summed E-state index contributed by atoms with van der Waals surface area (Å²) in [4.78, 5) is 45.3. The molecule has 0 saturated carbocycles. The highest BCUT2D eigenvalue weighted by molar-refractivity contribution is 5.87. The maximum atomic E-state index is 11.5. The molecule has 8 nitrogen and oxygen atoms in total. The molecular formula is C19H24O8. The molecule has 0 fully saturated rings. The molecule has 0 heterocycles. The minimum absolute atomic E-state index is 0.0645. The van der Waals surface area contributed by atoms with E-state index in [0.717, 1.165) is 18.2 Å². The number of aliphatic carboxylic acids is 1. The number of hydrogen-bond acceptors (Lipinski definition) is 7. The van der Waals surface area contributed by atoms with E-state index in [1.165, 1.54) is 0 Å². The summed E-state index contributed by atoms with van der Waals surface area (Å²) in [6.45, 7) is 13.1. The minimum atomic E-state index is -1.27. The third-order valence-electron chi connectivity index (χ3n) is 3.87. The van der Waals surface area contributed by atoms with Gasteiger partial charge in [0.15, 0.2) is 0 Å². The molecule has 0 amide bonds. The van der Waals surface area contributed by atoms with Crippen molar-refractivity contribution in [1.29, 1.82) is 0 Å². The molecule has 0 unspecified atom stereocenters. The molecule has 8 heteroatoms. The van der Waals surface area contributed by atoms with Crippen LogP contribution in [-0.2, 0) is 33.4 Å². The second-order valence-electron chi connectivity index (χ2n) is 5.43. The van der Waals surface area contributed by atoms with Gasteiger partial charge >= 0.3 is 23.9 Å². The third-order valence-corrected chi connectivity index (χ3v) is 3.87. The number of carbonyl (C=O) groups excluding carboxylic acids is 3. The van der Waals surface area contributed by atoms with Gasteiger partial charge in [-0.05, 0) is 19.3 Å². The van der Waals surface area contributed by atoms with Crippen molar-refractivity contribution in [2.24, 2.45) is 5.41 Å². The Balaban J connectivity index is 5.37. The average Bonchev–Trinajstić information content (AvgIpc) is 2.65. The summed E-state index contributed by atoms with van der Waals surface area (Å²) in [6, 6.07) is 0. The zero-order valence-electron chi connectivity index (χ0n) is 15.1. The highest BCUT2D eigenvalue weighted by atomic mass is 16.5. The van der Waals surface area contributed by atoms with Crippen molar-refractivity contribution in [1.82, 2.24) is 0 Å². The van der Waals surface area contributed by atoms with E-state index < -0.39 is 29.3 Å². The third kappa shape index (κ3) is 8.66. The summed E-state index contributed by atoms with van der Waals surface area (Å²) < 4.78 is 14.8. The van der Waals surface area contributed by atoms with Crippen molar-refractivity contribution in [3.63, 3.8) is 0 Å². The first kappa shape index (κ1) is 23.8. The number of hydrogen-bond donors (Lipinski definition) is 1. The molecule has 0 spiro atoms. The summed E-state index contributed by atoms with van der Waals surface area (Å²) in [5.41, 5.74) is -1.32. The van der Waals surface area contributed by atoms with Crippen molar-refractivity contribution < 1.29 is 38.5 Å². The number of carboxylic acids is 1. The molecule has 0 atom stereocenters. The standard InChI is InChI=1S/C19H24O8/c1-5-15(20)25-11-8-19(14(4)18(23)24,9-12-26-16(21)6-2)10-13-27-17(22)7-3/h5-7H,1-4,8-13H2,(H,23,24). The Hall–Kier alpha value is -3.16. The van der Waals surface area contributed by atoms with Gasteiger partial charge in [0.2, 0.25) is 0 Å². The molecule has 0 saturated heterocycles. The Kier molecular flexibility index (Phi) is 10.8. The fourth-order valence-corrected chi connectivity index (χ4v) is 2.27. The van der Waals surface area contributed by atoms with Gasteiger partial charge in [-0.2, -0.15) is 0 Å². The van der Waals surface area contributed by atoms with Gasteiger partial charge in [0, 0.05) is 29.2 Å². The average molecular weight is 380 g/mol. The first-order valence-electron chi connectivity index (χ1n) is 8.02. The molecule has 27 heavy (non-hydrogen) atoms. The Morgan fingerprint density at radius 2 is 1.04 bits per heavy atom. The van der Waals surface area contributed by atoms with Gasteiger partial charge in [0.05, 0.1) is 19.8 Å². The van der Waals surface area contributed by atoms with Gasteiger partial charge in [0.1, 0.15) is 0 Å². The largest absolute Gasteiger partial charge is 0.478 e. The molecule has 0 rings (SSSR count). The van der Waals surface area contributed by atoms with E-state index in [-0.39, 0.29) is 44.7 Å². The molecule has 0 aromatic carbocycles. The Bertz CT molecular complexity index is 553. The van der Waals surface area contributed by atoms with Gasteiger partial charge in [-0.1, -0.05) is 26.3 Å². The summed E-state index contributed by atoms with van der Waals surface area (Å²) in [7, 11) is 0. The van der Waals surface area contributed by atoms with Crippen LogP contribution in [0.25, 0.3) is 0 Å². The van der Waals surface area contributed by atoms with Crippen LogP contribution in [0, 0.1) is 5.41 Å². The fraction of sp³-hybridized carbons (Fsp3) is 0.368. The van der Waals surface area contributed by atoms with E-state index in [9.17, 15) is 24.3 Å². The number of carbonyl (C=O) groups is 4. The monoisotopic (exact) mass is 380 g/mol. The molecule has 0 aliphatic heterocycles. The predicted octanol–water partition coefficient (Wildman–Crippen LogP) is 1.97. The van der Waals surface area contributed by atoms with Crippen LogP contribution < -0.4 is 0 Å². The second kappa shape index (κ2) is 12.2. The lowest BCUT2D eigenvalue weighted by molar-refractivity contribution is -0.139. The molecule has 0 aromatic heterocycles. The Morgan fingerprint density at radius 1 is 0.741 bits per heavy atom. The van der Waals surface area contributed by atoms with Gasteiger partial charge in [-0.25, -0.2) is 19.2 Å². The Morgan fingerprint density at radius 3 is 1.26 bits per heavy atom. The topological polar surface area (TPSA) is 116 Å². The fourth-order valence-electron chi connectivity index (χ4n) is 2.27. The van der Waals surface area contributed by atoms with E-state index in [1.807, 2.05) is 0 Å². The number of esters is 3. The van der Waals surface area contributed by atoms with E-state index in [1.54, 1.807) is 0 Å². The van der Waals surface area contributed by atoms with Crippen LogP contribution in [0.2, 0.25) is 0 Å². The van der Waals surface area contributed by atoms with Crippen molar-refractivity contribution in [2.75, 3.05) is 19.8 Å². The summed E-state index contributed by atoms with van der Waals surface area (Å²) in [6.07, 6.45) is 3.13. The van der Waals surface area contributed by atoms with E-state index in [0.29, 0.717) is 0 Å². The molecule has 0 radical (unpaired) electrons. The maximum Gasteiger partial charge on any atom is 0.331 e. The summed E-state index contributed by atoms with van der Waals surface area (Å²) >= 11 is 0. The van der Waals surface area contributed by atoms with Crippen LogP contribution in [0.5, 0.6) is 0 Å². The lowest BCUT2D eigenvalue weighted by Gasteiger charge is -2.33. The second-order valence-corrected chi connectivity index (χ2v) is 5.43. The molecule has 148 valence electrons. The summed E-state index contributed by atoms with van der Waals surface area (Å²) in [5.74, 6) is -3.27. The number of rotatable bonds is 14. The van der Waals surface area contributed by atoms with Crippen molar-refractivity contribution in [3.8, 4) is 0 Å². The van der Waals surface area contributed by atoms with E-state index >= 15 is 0 Å². The van der Waals surface area contributed by atoms with Gasteiger partial charge in [0.25, 0.3) is 0 Å². The molecule has 0 bridgehead atoms. The molecule has 1 N–H and O–H groups in total. The smallest absolute Gasteiger partial charge is 0.331 e. The van der Waals surface area contributed by atoms with Crippen LogP contribution in [0.1, 0.15) is 19.3 Å². The lowest BCUT2D eigenvalue weighted by atomic mass is 9.73. The van der Waals surface area contributed by atoms with Crippen LogP contribution in [0.15, 0.2) is 50.1 Å². The lowest BCUT2D eigenvalue weighted by Crippen LogP contribution is -2.33. The summed E-state index contributed by atoms with van der Waals surface area (Å²) in [5, 5.41) is 9.41. The molecule has 0 aliphatic carbocycles. The van der Waals surface area contributed by atoms with Crippen LogP contribution >= 0.6 is 0 Å². The number of ether oxygens (including phenoxy) is 3. The highest BCUT2D eigenvalue weighted by Crippen LogP contribution is 2.38. The maximum absolute atomic E-state index is 11.5. The van der Waals surface area contributed by atoms with E-state index in [2.05, 4.69) is 26.3 Å². The van der Waals surface area contributed by atoms with Crippen molar-refractivity contribution in [2.45, 2.75) is 19.3 Å². The quantitative estimate of drug-likeness (QED) is 0.276. The Labute approximate surface area is 157 Å². The molecular weight excluding hydrogens is 356 g/mol. The predicted molar refractivity (Wildman–Crippen MR) is 96.5 cm³/mol. The van der Waals surface area contributed by atoms with Crippen LogP contribution in [0.3, 0.4) is 0 Å². The van der Waals surface area contributed by atoms with E-state index in [4.69, 9.17) is 14.2 Å². The zero-order chi connectivity index (χ0) is 20.9.